The van der Waals surface area contributed by atoms with Gasteiger partial charge in [-0.25, -0.2) is 13.4 Å². The molecule has 11 nitrogen and oxygen atoms in total. The van der Waals surface area contributed by atoms with Crippen LogP contribution in [0.5, 0.6) is 5.75 Å². The van der Waals surface area contributed by atoms with Gasteiger partial charge >= 0.3 is 0 Å². The average molecular weight is 627 g/mol. The summed E-state index contributed by atoms with van der Waals surface area (Å²) in [6.07, 6.45) is 1.01. The molecular formula is C33H34N6O5S. The number of benzene rings is 4. The Morgan fingerprint density at radius 1 is 0.956 bits per heavy atom. The third-order valence-corrected chi connectivity index (χ3v) is 9.34. The first-order chi connectivity index (χ1) is 21.8. The molecule has 1 saturated heterocycles. The summed E-state index contributed by atoms with van der Waals surface area (Å²) >= 11 is 0. The lowest BCUT2D eigenvalue weighted by Crippen LogP contribution is -2.47. The maximum Gasteiger partial charge on any atom is 0.270 e. The van der Waals surface area contributed by atoms with Crippen molar-refractivity contribution in [3.63, 3.8) is 0 Å². The number of nitro groups is 1. The van der Waals surface area contributed by atoms with E-state index >= 15 is 0 Å². The van der Waals surface area contributed by atoms with E-state index in [4.69, 9.17) is 9.72 Å². The molecule has 0 unspecified atom stereocenters. The minimum Gasteiger partial charge on any atom is -0.492 e. The molecule has 0 aliphatic carbocycles. The Morgan fingerprint density at radius 2 is 1.69 bits per heavy atom. The van der Waals surface area contributed by atoms with E-state index in [1.807, 2.05) is 0 Å². The van der Waals surface area contributed by atoms with E-state index in [2.05, 4.69) is 68.9 Å². The Morgan fingerprint density at radius 3 is 2.40 bits per heavy atom. The largest absolute Gasteiger partial charge is 0.492 e. The number of nitrogens with one attached hydrogen (secondary N) is 2. The number of non-ortho nitro benzene ring substituents is 1. The summed E-state index contributed by atoms with van der Waals surface area (Å²) in [4.78, 5) is 23.4. The molecule has 0 saturated carbocycles. The maximum absolute atomic E-state index is 12.7. The second kappa shape index (κ2) is 13.0. The molecule has 2 heterocycles. The molecule has 232 valence electrons. The van der Waals surface area contributed by atoms with Crippen molar-refractivity contribution in [3.05, 3.63) is 107 Å². The van der Waals surface area contributed by atoms with Crippen LogP contribution in [0.15, 0.2) is 95.9 Å². The Hall–Kier alpha value is -4.94. The number of rotatable bonds is 11. The monoisotopic (exact) mass is 626 g/mol. The van der Waals surface area contributed by atoms with Gasteiger partial charge in [-0.15, -0.1) is 0 Å². The highest BCUT2D eigenvalue weighted by molar-refractivity contribution is 7.92. The first-order valence-electron chi connectivity index (χ1n) is 14.8. The minimum absolute atomic E-state index is 0.180. The van der Waals surface area contributed by atoms with E-state index in [0.29, 0.717) is 18.0 Å². The van der Waals surface area contributed by atoms with E-state index in [-0.39, 0.29) is 10.6 Å². The van der Waals surface area contributed by atoms with Crippen molar-refractivity contribution in [2.24, 2.45) is 0 Å². The number of hydrogen-bond donors (Lipinski definition) is 2. The number of aryl methyl sites for hydroxylation is 1. The minimum atomic E-state index is -3.98. The first-order valence-corrected chi connectivity index (χ1v) is 16.3. The van der Waals surface area contributed by atoms with Crippen molar-refractivity contribution < 1.29 is 18.1 Å². The molecule has 2 N–H and O–H groups in total. The zero-order chi connectivity index (χ0) is 31.4. The highest BCUT2D eigenvalue weighted by Gasteiger charge is 2.21. The van der Waals surface area contributed by atoms with Gasteiger partial charge in [0, 0.05) is 56.1 Å². The number of fused-ring (bicyclic) bond motifs is 1. The Labute approximate surface area is 261 Å². The van der Waals surface area contributed by atoms with E-state index in [1.54, 1.807) is 24.3 Å². The van der Waals surface area contributed by atoms with Gasteiger partial charge in [0.05, 0.1) is 21.0 Å². The number of anilines is 2. The predicted octanol–water partition coefficient (Wildman–Crippen LogP) is 5.70. The predicted molar refractivity (Wildman–Crippen MR) is 175 cm³/mol. The van der Waals surface area contributed by atoms with Gasteiger partial charge in [0.15, 0.2) is 0 Å². The Balaban J connectivity index is 0.998. The number of para-hydroxylation sites is 1. The summed E-state index contributed by atoms with van der Waals surface area (Å²) in [6.45, 7) is 6.96. The fraction of sp³-hybridized carbons (Fsp3) is 0.242. The maximum atomic E-state index is 12.7. The lowest BCUT2D eigenvalue weighted by molar-refractivity contribution is -0.385. The zero-order valence-corrected chi connectivity index (χ0v) is 25.7. The molecule has 5 aromatic rings. The van der Waals surface area contributed by atoms with Crippen LogP contribution in [-0.4, -0.2) is 67.5 Å². The van der Waals surface area contributed by atoms with Crippen LogP contribution in [0.3, 0.4) is 0 Å². The summed E-state index contributed by atoms with van der Waals surface area (Å²) < 4.78 is 33.8. The van der Waals surface area contributed by atoms with Crippen LogP contribution in [0.4, 0.5) is 17.1 Å². The van der Waals surface area contributed by atoms with Crippen molar-refractivity contribution in [2.75, 3.05) is 49.0 Å². The molecule has 0 atom stereocenters. The van der Waals surface area contributed by atoms with Gasteiger partial charge in [-0.05, 0) is 54.4 Å². The third kappa shape index (κ3) is 6.92. The number of aromatic amines is 1. The molecule has 0 amide bonds. The van der Waals surface area contributed by atoms with Gasteiger partial charge in [0.2, 0.25) is 0 Å². The fourth-order valence-corrected chi connectivity index (χ4v) is 6.51. The first kappa shape index (κ1) is 30.1. The van der Waals surface area contributed by atoms with Crippen LogP contribution in [0.25, 0.3) is 22.4 Å². The van der Waals surface area contributed by atoms with Crippen LogP contribution in [0.1, 0.15) is 12.5 Å². The molecule has 1 aromatic heterocycles. The fourth-order valence-electron chi connectivity index (χ4n) is 5.41. The lowest BCUT2D eigenvalue weighted by atomic mass is 10.1. The molecule has 12 heteroatoms. The highest BCUT2D eigenvalue weighted by Crippen LogP contribution is 2.29. The van der Waals surface area contributed by atoms with Gasteiger partial charge in [-0.1, -0.05) is 43.3 Å². The second-order valence-electron chi connectivity index (χ2n) is 10.9. The second-order valence-corrected chi connectivity index (χ2v) is 12.6. The smallest absolute Gasteiger partial charge is 0.270 e. The summed E-state index contributed by atoms with van der Waals surface area (Å²) in [5, 5.41) is 11.0. The molecule has 0 spiro atoms. The highest BCUT2D eigenvalue weighted by atomic mass is 32.2. The number of nitrogens with zero attached hydrogens (tertiary/aromatic N) is 4. The van der Waals surface area contributed by atoms with Crippen molar-refractivity contribution in [3.8, 4) is 17.1 Å². The molecule has 6 rings (SSSR count). The van der Waals surface area contributed by atoms with Crippen molar-refractivity contribution in [1.29, 1.82) is 0 Å². The summed E-state index contributed by atoms with van der Waals surface area (Å²) in [6, 6.07) is 26.3. The number of nitro benzene ring substituents is 1. The van der Waals surface area contributed by atoms with Gasteiger partial charge in [0.25, 0.3) is 15.7 Å². The van der Waals surface area contributed by atoms with E-state index in [0.717, 1.165) is 73.3 Å². The van der Waals surface area contributed by atoms with Crippen molar-refractivity contribution in [2.45, 2.75) is 18.2 Å². The summed E-state index contributed by atoms with van der Waals surface area (Å²) in [5.74, 6) is 1.50. The van der Waals surface area contributed by atoms with E-state index < -0.39 is 14.9 Å². The molecule has 4 aromatic carbocycles. The van der Waals surface area contributed by atoms with Crippen molar-refractivity contribution >= 4 is 38.1 Å². The molecule has 0 radical (unpaired) electrons. The number of H-pyrrole nitrogens is 1. The number of hydrogen-bond acceptors (Lipinski definition) is 8. The number of ether oxygens (including phenoxy) is 1. The lowest BCUT2D eigenvalue weighted by Gasteiger charge is -2.36. The van der Waals surface area contributed by atoms with E-state index in [1.165, 1.54) is 23.8 Å². The standard InChI is InChI=1S/C33H34N6O5S/c1-2-24-9-11-25(12-10-24)33-34-30-7-4-8-31(32(30)35-33)38-19-17-37(18-20-38)21-22-44-28-15-13-26(14-16-28)36-45(42,43)29-6-3-5-27(23-29)39(40)41/h3-16,23,36H,2,17-22H2,1H3,(H,34,35). The van der Waals surface area contributed by atoms with Crippen LogP contribution in [-0.2, 0) is 16.4 Å². The van der Waals surface area contributed by atoms with Crippen LogP contribution in [0, 0.1) is 10.1 Å². The quantitative estimate of drug-likeness (QED) is 0.141. The van der Waals surface area contributed by atoms with Gasteiger partial charge in [-0.2, -0.15) is 0 Å². The Kier molecular flexibility index (Phi) is 8.67. The van der Waals surface area contributed by atoms with Gasteiger partial charge < -0.3 is 14.6 Å². The number of piperazine rings is 1. The molecule has 45 heavy (non-hydrogen) atoms. The van der Waals surface area contributed by atoms with Gasteiger partial charge in [0.1, 0.15) is 23.7 Å². The number of aromatic nitrogens is 2. The van der Waals surface area contributed by atoms with Crippen molar-refractivity contribution in [1.82, 2.24) is 14.9 Å². The summed E-state index contributed by atoms with van der Waals surface area (Å²) in [7, 11) is -3.98. The van der Waals surface area contributed by atoms with E-state index in [9.17, 15) is 18.5 Å². The molecular weight excluding hydrogens is 592 g/mol. The normalized spacial score (nSPS) is 14.0. The third-order valence-electron chi connectivity index (χ3n) is 7.96. The van der Waals surface area contributed by atoms with Gasteiger partial charge in [-0.3, -0.25) is 19.7 Å². The van der Waals surface area contributed by atoms with Crippen LogP contribution >= 0.6 is 0 Å². The molecule has 0 bridgehead atoms. The summed E-state index contributed by atoms with van der Waals surface area (Å²) in [5.41, 5.74) is 5.58. The molecule has 1 fully saturated rings. The van der Waals surface area contributed by atoms with Crippen LogP contribution < -0.4 is 14.4 Å². The molecule has 1 aliphatic rings. The SMILES string of the molecule is CCc1ccc(-c2nc3c(N4CCN(CCOc5ccc(NS(=O)(=O)c6cccc([N+](=O)[O-])c6)cc5)CC4)cccc3[nH]2)cc1. The number of sulfonamides is 1. The average Bonchev–Trinajstić information content (AvgIpc) is 3.51. The van der Waals surface area contributed by atoms with Crippen LogP contribution in [0.2, 0.25) is 0 Å². The zero-order valence-electron chi connectivity index (χ0n) is 24.8. The number of imidazole rings is 1. The Bertz CT molecular complexity index is 1900. The molecule has 1 aliphatic heterocycles. The topological polar surface area (TPSA) is 134 Å².